The number of rotatable bonds is 2. The highest BCUT2D eigenvalue weighted by Gasteiger charge is 2.18. The van der Waals surface area contributed by atoms with Crippen LogP contribution in [0.4, 0.5) is 4.39 Å². The molecule has 0 radical (unpaired) electrons. The van der Waals surface area contributed by atoms with Crippen molar-refractivity contribution < 1.29 is 4.39 Å². The predicted octanol–water partition coefficient (Wildman–Crippen LogP) is 3.83. The van der Waals surface area contributed by atoms with Gasteiger partial charge in [-0.1, -0.05) is 30.3 Å². The Labute approximate surface area is 137 Å². The zero-order valence-electron chi connectivity index (χ0n) is 13.0. The molecule has 0 unspecified atom stereocenters. The van der Waals surface area contributed by atoms with Gasteiger partial charge < -0.3 is 9.55 Å². The second kappa shape index (κ2) is 5.45. The zero-order valence-corrected chi connectivity index (χ0v) is 13.0. The first-order valence-electron chi connectivity index (χ1n) is 7.56. The molecule has 0 aliphatic heterocycles. The first-order valence-corrected chi connectivity index (χ1v) is 7.56. The molecule has 2 aromatic carbocycles. The van der Waals surface area contributed by atoms with Crippen molar-refractivity contribution in [3.63, 3.8) is 0 Å². The maximum Gasteiger partial charge on any atom is 0.260 e. The second-order valence-electron chi connectivity index (χ2n) is 5.66. The van der Waals surface area contributed by atoms with E-state index in [4.69, 9.17) is 0 Å². The Balaban J connectivity index is 2.08. The molecule has 0 atom stereocenters. The van der Waals surface area contributed by atoms with Gasteiger partial charge in [-0.3, -0.25) is 4.79 Å². The quantitative estimate of drug-likeness (QED) is 0.610. The average molecular weight is 319 g/mol. The predicted molar refractivity (Wildman–Crippen MR) is 91.8 cm³/mol. The van der Waals surface area contributed by atoms with E-state index in [2.05, 4.69) is 9.97 Å². The summed E-state index contributed by atoms with van der Waals surface area (Å²) in [6, 6.07) is 14.5. The van der Waals surface area contributed by atoms with Gasteiger partial charge in [0.05, 0.1) is 11.7 Å². The van der Waals surface area contributed by atoms with Crippen LogP contribution in [0, 0.1) is 12.7 Å². The molecule has 5 heteroatoms. The lowest BCUT2D eigenvalue weighted by Gasteiger charge is -2.03. The van der Waals surface area contributed by atoms with E-state index in [1.54, 1.807) is 16.8 Å². The molecule has 4 nitrogen and oxygen atoms in total. The summed E-state index contributed by atoms with van der Waals surface area (Å²) in [5.41, 5.74) is 2.82. The van der Waals surface area contributed by atoms with Crippen molar-refractivity contribution in [2.24, 2.45) is 0 Å². The first kappa shape index (κ1) is 14.4. The van der Waals surface area contributed by atoms with E-state index in [1.807, 2.05) is 43.3 Å². The fourth-order valence-corrected chi connectivity index (χ4v) is 2.90. The number of aromatic nitrogens is 3. The number of aromatic amines is 1. The van der Waals surface area contributed by atoms with E-state index in [0.29, 0.717) is 22.2 Å². The molecule has 0 aliphatic carbocycles. The molecule has 118 valence electrons. The lowest BCUT2D eigenvalue weighted by molar-refractivity contribution is 0.630. The molecule has 0 aliphatic rings. The van der Waals surface area contributed by atoms with E-state index in [9.17, 15) is 9.18 Å². The summed E-state index contributed by atoms with van der Waals surface area (Å²) in [5, 5.41) is 0.379. The molecule has 0 fully saturated rings. The smallest absolute Gasteiger partial charge is 0.260 e. The van der Waals surface area contributed by atoms with Gasteiger partial charge in [0, 0.05) is 23.0 Å². The van der Waals surface area contributed by atoms with E-state index in [-0.39, 0.29) is 11.4 Å². The van der Waals surface area contributed by atoms with Crippen LogP contribution >= 0.6 is 0 Å². The van der Waals surface area contributed by atoms with Gasteiger partial charge in [0.2, 0.25) is 0 Å². The van der Waals surface area contributed by atoms with E-state index >= 15 is 0 Å². The third kappa shape index (κ3) is 2.22. The number of nitrogens with zero attached hydrogens (tertiary/aromatic N) is 2. The molecular formula is C19H14FN3O. The maximum atomic E-state index is 14.5. The van der Waals surface area contributed by atoms with Crippen LogP contribution < -0.4 is 5.56 Å². The largest absolute Gasteiger partial charge is 0.312 e. The molecule has 4 aromatic rings. The summed E-state index contributed by atoms with van der Waals surface area (Å²) in [6.07, 6.45) is 3.12. The Morgan fingerprint density at radius 3 is 2.62 bits per heavy atom. The minimum atomic E-state index is -0.356. The number of para-hydroxylation sites is 1. The summed E-state index contributed by atoms with van der Waals surface area (Å²) >= 11 is 0. The van der Waals surface area contributed by atoms with E-state index < -0.39 is 0 Å². The van der Waals surface area contributed by atoms with Crippen molar-refractivity contribution in [2.45, 2.75) is 6.92 Å². The maximum absolute atomic E-state index is 14.5. The van der Waals surface area contributed by atoms with Gasteiger partial charge in [0.15, 0.2) is 5.65 Å². The molecule has 24 heavy (non-hydrogen) atoms. The molecule has 0 bridgehead atoms. The van der Waals surface area contributed by atoms with Gasteiger partial charge in [-0.25, -0.2) is 9.37 Å². The Bertz CT molecular complexity index is 1100. The normalized spacial score (nSPS) is 11.1. The molecule has 0 amide bonds. The SMILES string of the molecule is Cc1ccc(-c2cn(-c3ccccc3)c3nc[nH]c(=O)c23)c(F)c1. The summed E-state index contributed by atoms with van der Waals surface area (Å²) < 4.78 is 16.3. The lowest BCUT2D eigenvalue weighted by Crippen LogP contribution is -2.07. The van der Waals surface area contributed by atoms with Crippen molar-refractivity contribution in [1.82, 2.24) is 14.5 Å². The lowest BCUT2D eigenvalue weighted by atomic mass is 10.0. The van der Waals surface area contributed by atoms with Crippen LogP contribution in [0.3, 0.4) is 0 Å². The Morgan fingerprint density at radius 1 is 1.08 bits per heavy atom. The average Bonchev–Trinajstić information content (AvgIpc) is 2.96. The molecule has 0 saturated carbocycles. The van der Waals surface area contributed by atoms with Crippen LogP contribution in [0.25, 0.3) is 27.8 Å². The fourth-order valence-electron chi connectivity index (χ4n) is 2.90. The molecule has 0 spiro atoms. The number of benzene rings is 2. The van der Waals surface area contributed by atoms with Gasteiger partial charge in [-0.2, -0.15) is 0 Å². The second-order valence-corrected chi connectivity index (χ2v) is 5.66. The third-order valence-corrected chi connectivity index (χ3v) is 4.04. The number of halogens is 1. The molecule has 2 aromatic heterocycles. The Kier molecular flexibility index (Phi) is 3.27. The van der Waals surface area contributed by atoms with Gasteiger partial charge in [0.1, 0.15) is 5.82 Å². The molecule has 2 heterocycles. The highest BCUT2D eigenvalue weighted by Crippen LogP contribution is 2.31. The number of hydrogen-bond donors (Lipinski definition) is 1. The zero-order chi connectivity index (χ0) is 16.7. The first-order chi connectivity index (χ1) is 11.6. The van der Waals surface area contributed by atoms with Crippen LogP contribution in [0.2, 0.25) is 0 Å². The molecule has 1 N–H and O–H groups in total. The minimum Gasteiger partial charge on any atom is -0.312 e. The number of H-pyrrole nitrogens is 1. The topological polar surface area (TPSA) is 50.7 Å². The van der Waals surface area contributed by atoms with Gasteiger partial charge >= 0.3 is 0 Å². The van der Waals surface area contributed by atoms with Crippen molar-refractivity contribution >= 4 is 11.0 Å². The highest BCUT2D eigenvalue weighted by molar-refractivity contribution is 5.94. The molecular weight excluding hydrogens is 305 g/mol. The summed E-state index contributed by atoms with van der Waals surface area (Å²) in [7, 11) is 0. The third-order valence-electron chi connectivity index (χ3n) is 4.04. The van der Waals surface area contributed by atoms with Gasteiger partial charge in [0.25, 0.3) is 5.56 Å². The van der Waals surface area contributed by atoms with E-state index in [1.165, 1.54) is 12.4 Å². The number of nitrogens with one attached hydrogen (secondary N) is 1. The van der Waals surface area contributed by atoms with Crippen molar-refractivity contribution in [3.8, 4) is 16.8 Å². The van der Waals surface area contributed by atoms with Gasteiger partial charge in [-0.15, -0.1) is 0 Å². The fraction of sp³-hybridized carbons (Fsp3) is 0.0526. The van der Waals surface area contributed by atoms with Crippen LogP contribution in [0.15, 0.2) is 65.8 Å². The monoisotopic (exact) mass is 319 g/mol. The summed E-state index contributed by atoms with van der Waals surface area (Å²) in [4.78, 5) is 19.2. The van der Waals surface area contributed by atoms with Crippen molar-refractivity contribution in [1.29, 1.82) is 0 Å². The van der Waals surface area contributed by atoms with E-state index in [0.717, 1.165) is 11.3 Å². The summed E-state index contributed by atoms with van der Waals surface area (Å²) in [6.45, 7) is 1.83. The molecule has 0 saturated heterocycles. The summed E-state index contributed by atoms with van der Waals surface area (Å²) in [5.74, 6) is -0.356. The number of aryl methyl sites for hydroxylation is 1. The van der Waals surface area contributed by atoms with Crippen LogP contribution in [-0.4, -0.2) is 14.5 Å². The Hall–Kier alpha value is -3.21. The highest BCUT2D eigenvalue weighted by atomic mass is 19.1. The number of fused-ring (bicyclic) bond motifs is 1. The number of hydrogen-bond acceptors (Lipinski definition) is 2. The Morgan fingerprint density at radius 2 is 1.88 bits per heavy atom. The van der Waals surface area contributed by atoms with Crippen molar-refractivity contribution in [2.75, 3.05) is 0 Å². The minimum absolute atomic E-state index is 0.287. The van der Waals surface area contributed by atoms with Crippen LogP contribution in [-0.2, 0) is 0 Å². The van der Waals surface area contributed by atoms with Crippen molar-refractivity contribution in [3.05, 3.63) is 82.8 Å². The van der Waals surface area contributed by atoms with Crippen LogP contribution in [0.1, 0.15) is 5.56 Å². The van der Waals surface area contributed by atoms with Crippen LogP contribution in [0.5, 0.6) is 0 Å². The standard InChI is InChI=1S/C19H14FN3O/c1-12-7-8-14(16(20)9-12)15-10-23(13-5-3-2-4-6-13)18-17(15)19(24)22-11-21-18/h2-11H,1H3,(H,21,22,24). The van der Waals surface area contributed by atoms with Gasteiger partial charge in [-0.05, 0) is 30.7 Å². The molecule has 4 rings (SSSR count).